The third kappa shape index (κ3) is 7.41. The van der Waals surface area contributed by atoms with Gasteiger partial charge in [-0.1, -0.05) is 0 Å². The summed E-state index contributed by atoms with van der Waals surface area (Å²) < 4.78 is 11.0. The van der Waals surface area contributed by atoms with Crippen molar-refractivity contribution in [3.63, 3.8) is 0 Å². The van der Waals surface area contributed by atoms with Crippen LogP contribution in [0.25, 0.3) is 10.9 Å². The number of fused-ring (bicyclic) bond motifs is 1. The van der Waals surface area contributed by atoms with Crippen LogP contribution in [-0.2, 0) is 9.59 Å². The summed E-state index contributed by atoms with van der Waals surface area (Å²) in [6, 6.07) is 4.57. The van der Waals surface area contributed by atoms with Crippen molar-refractivity contribution in [2.24, 2.45) is 0 Å². The Balaban J connectivity index is 1.71. The minimum absolute atomic E-state index is 0.0209. The number of hydroxylamine groups is 1. The van der Waals surface area contributed by atoms with Gasteiger partial charge >= 0.3 is 0 Å². The van der Waals surface area contributed by atoms with Crippen LogP contribution >= 0.6 is 0 Å². The molecule has 0 spiro atoms. The van der Waals surface area contributed by atoms with Gasteiger partial charge in [0.2, 0.25) is 11.9 Å². The van der Waals surface area contributed by atoms with Gasteiger partial charge in [-0.2, -0.15) is 4.98 Å². The van der Waals surface area contributed by atoms with Crippen molar-refractivity contribution in [2.45, 2.75) is 64.5 Å². The summed E-state index contributed by atoms with van der Waals surface area (Å²) in [5.74, 6) is 1.80. The maximum atomic E-state index is 12.0. The molecule has 0 unspecified atom stereocenters. The number of aromatic nitrogens is 2. The molecule has 11 heteroatoms. The van der Waals surface area contributed by atoms with Gasteiger partial charge in [-0.25, -0.2) is 10.5 Å². The molecule has 11 nitrogen and oxygen atoms in total. The van der Waals surface area contributed by atoms with Crippen LogP contribution in [0.15, 0.2) is 12.1 Å². The number of hydrogen-bond donors (Lipinski definition) is 4. The van der Waals surface area contributed by atoms with Crippen molar-refractivity contribution in [2.75, 3.05) is 44.5 Å². The molecule has 1 aromatic heterocycles. The summed E-state index contributed by atoms with van der Waals surface area (Å²) in [6.45, 7) is 7.03. The van der Waals surface area contributed by atoms with E-state index in [2.05, 4.69) is 34.4 Å². The van der Waals surface area contributed by atoms with Crippen LogP contribution in [0, 0.1) is 0 Å². The van der Waals surface area contributed by atoms with E-state index in [4.69, 9.17) is 19.7 Å². The minimum Gasteiger partial charge on any atom is -0.493 e. The smallest absolute Gasteiger partial charge is 0.243 e. The molecule has 1 saturated heterocycles. The number of amides is 1. The molecule has 0 bridgehead atoms. The number of piperidine rings is 1. The lowest BCUT2D eigenvalue weighted by molar-refractivity contribution is -0.131. The van der Waals surface area contributed by atoms with Crippen molar-refractivity contribution < 1.29 is 24.3 Å². The SMILES string of the molecule is COc1cc2nc(NCCCC(=O)CCC(=O)NO)nc(NC3CCN(C(C)C)CC3)c2cc1OC. The molecule has 1 amide bonds. The van der Waals surface area contributed by atoms with Gasteiger partial charge in [-0.15, -0.1) is 0 Å². The first kappa shape index (κ1) is 27.4. The Bertz CT molecular complexity index is 1040. The molecule has 1 aliphatic rings. The highest BCUT2D eigenvalue weighted by Gasteiger charge is 2.22. The number of carbonyl (C=O) groups is 2. The van der Waals surface area contributed by atoms with Crippen molar-refractivity contribution in [3.05, 3.63) is 12.1 Å². The summed E-state index contributed by atoms with van der Waals surface area (Å²) in [6.07, 6.45) is 3.02. The molecule has 0 atom stereocenters. The van der Waals surface area contributed by atoms with Crippen molar-refractivity contribution in [1.82, 2.24) is 20.3 Å². The second kappa shape index (κ2) is 13.2. The van der Waals surface area contributed by atoms with E-state index in [0.717, 1.165) is 42.7 Å². The van der Waals surface area contributed by atoms with Crippen molar-refractivity contribution in [1.29, 1.82) is 0 Å². The number of likely N-dealkylation sites (tertiary alicyclic amines) is 1. The Morgan fingerprint density at radius 3 is 2.42 bits per heavy atom. The summed E-state index contributed by atoms with van der Waals surface area (Å²) in [7, 11) is 3.19. The molecular formula is C25H38N6O5. The maximum absolute atomic E-state index is 12.0. The molecule has 1 aromatic carbocycles. The summed E-state index contributed by atoms with van der Waals surface area (Å²) in [5, 5.41) is 16.2. The minimum atomic E-state index is -0.562. The van der Waals surface area contributed by atoms with Crippen LogP contribution in [0.4, 0.5) is 11.8 Å². The van der Waals surface area contributed by atoms with Crippen LogP contribution in [0.1, 0.15) is 52.4 Å². The molecule has 1 fully saturated rings. The average Bonchev–Trinajstić information content (AvgIpc) is 2.89. The topological polar surface area (TPSA) is 138 Å². The van der Waals surface area contributed by atoms with Crippen LogP contribution < -0.4 is 25.6 Å². The number of carbonyl (C=O) groups excluding carboxylic acids is 2. The molecule has 4 N–H and O–H groups in total. The molecule has 1 aliphatic heterocycles. The second-order valence-corrected chi connectivity index (χ2v) is 9.27. The third-order valence-electron chi connectivity index (χ3n) is 6.47. The highest BCUT2D eigenvalue weighted by Crippen LogP contribution is 2.35. The Morgan fingerprint density at radius 2 is 1.78 bits per heavy atom. The zero-order chi connectivity index (χ0) is 26.1. The van der Waals surface area contributed by atoms with E-state index >= 15 is 0 Å². The zero-order valence-corrected chi connectivity index (χ0v) is 21.6. The quantitative estimate of drug-likeness (QED) is 0.184. The lowest BCUT2D eigenvalue weighted by atomic mass is 10.0. The van der Waals surface area contributed by atoms with E-state index in [-0.39, 0.29) is 18.6 Å². The first-order valence-corrected chi connectivity index (χ1v) is 12.5. The first-order valence-electron chi connectivity index (χ1n) is 12.5. The molecular weight excluding hydrogens is 464 g/mol. The van der Waals surface area contributed by atoms with Gasteiger partial charge in [-0.3, -0.25) is 14.8 Å². The van der Waals surface area contributed by atoms with Crippen LogP contribution in [0.5, 0.6) is 11.5 Å². The number of ether oxygens (including phenoxy) is 2. The average molecular weight is 503 g/mol. The Hall–Kier alpha value is -3.18. The Kier molecular flexibility index (Phi) is 10.1. The predicted octanol–water partition coefficient (Wildman–Crippen LogP) is 2.98. The maximum Gasteiger partial charge on any atom is 0.243 e. The molecule has 0 saturated carbocycles. The Morgan fingerprint density at radius 1 is 1.08 bits per heavy atom. The molecule has 2 heterocycles. The summed E-state index contributed by atoms with van der Waals surface area (Å²) >= 11 is 0. The lowest BCUT2D eigenvalue weighted by Gasteiger charge is -2.35. The third-order valence-corrected chi connectivity index (χ3v) is 6.47. The fourth-order valence-corrected chi connectivity index (χ4v) is 4.32. The number of hydrogen-bond acceptors (Lipinski definition) is 10. The van der Waals surface area contributed by atoms with E-state index in [0.29, 0.717) is 48.9 Å². The first-order chi connectivity index (χ1) is 17.3. The van der Waals surface area contributed by atoms with E-state index in [1.54, 1.807) is 14.2 Å². The summed E-state index contributed by atoms with van der Waals surface area (Å²) in [4.78, 5) is 34.9. The lowest BCUT2D eigenvalue weighted by Crippen LogP contribution is -2.42. The normalized spacial score (nSPS) is 14.6. The van der Waals surface area contributed by atoms with E-state index in [1.807, 2.05) is 12.1 Å². The zero-order valence-electron chi connectivity index (χ0n) is 21.6. The number of nitrogens with one attached hydrogen (secondary N) is 3. The van der Waals surface area contributed by atoms with E-state index in [9.17, 15) is 9.59 Å². The van der Waals surface area contributed by atoms with Gasteiger partial charge in [-0.05, 0) is 39.2 Å². The van der Waals surface area contributed by atoms with Gasteiger partial charge in [0.25, 0.3) is 0 Å². The highest BCUT2D eigenvalue weighted by molar-refractivity contribution is 5.93. The largest absolute Gasteiger partial charge is 0.493 e. The van der Waals surface area contributed by atoms with Crippen LogP contribution in [0.2, 0.25) is 0 Å². The van der Waals surface area contributed by atoms with Crippen LogP contribution in [-0.4, -0.2) is 77.7 Å². The van der Waals surface area contributed by atoms with Crippen LogP contribution in [0.3, 0.4) is 0 Å². The van der Waals surface area contributed by atoms with Gasteiger partial charge in [0, 0.05) is 62.4 Å². The Labute approximate surface area is 211 Å². The molecule has 36 heavy (non-hydrogen) atoms. The molecule has 3 rings (SSSR count). The number of Topliss-reactive ketones (excluding diaryl/α,β-unsaturated/α-hetero) is 1. The van der Waals surface area contributed by atoms with Crippen molar-refractivity contribution >= 4 is 34.4 Å². The highest BCUT2D eigenvalue weighted by atomic mass is 16.5. The number of nitrogens with zero attached hydrogens (tertiary/aromatic N) is 3. The standard InChI is InChI=1S/C25H38N6O5/c1-16(2)31-12-9-17(10-13-31)27-24-19-14-21(35-3)22(36-4)15-20(19)28-25(29-24)26-11-5-6-18(32)7-8-23(33)30-34/h14-17,34H,5-13H2,1-4H3,(H,30,33)(H2,26,27,28,29). The molecule has 198 valence electrons. The second-order valence-electron chi connectivity index (χ2n) is 9.27. The van der Waals surface area contributed by atoms with Crippen molar-refractivity contribution in [3.8, 4) is 11.5 Å². The fraction of sp³-hybridized carbons (Fsp3) is 0.600. The fourth-order valence-electron chi connectivity index (χ4n) is 4.32. The predicted molar refractivity (Wildman–Crippen MR) is 138 cm³/mol. The number of anilines is 2. The van der Waals surface area contributed by atoms with Gasteiger partial charge in [0.05, 0.1) is 19.7 Å². The van der Waals surface area contributed by atoms with Gasteiger partial charge in [0.1, 0.15) is 11.6 Å². The monoisotopic (exact) mass is 502 g/mol. The number of benzene rings is 1. The molecule has 2 aromatic rings. The summed E-state index contributed by atoms with van der Waals surface area (Å²) in [5.41, 5.74) is 2.26. The number of methoxy groups -OCH3 is 2. The van der Waals surface area contributed by atoms with Gasteiger partial charge < -0.3 is 25.0 Å². The van der Waals surface area contributed by atoms with E-state index < -0.39 is 5.91 Å². The molecule has 0 aliphatic carbocycles. The number of ketones is 1. The molecule has 0 radical (unpaired) electrons. The van der Waals surface area contributed by atoms with Gasteiger partial charge in [0.15, 0.2) is 11.5 Å². The van der Waals surface area contributed by atoms with E-state index in [1.165, 1.54) is 5.48 Å². The number of rotatable bonds is 13.